The average molecular weight is 141 g/mol. The van der Waals surface area contributed by atoms with Gasteiger partial charge in [0.25, 0.3) is 0 Å². The van der Waals surface area contributed by atoms with Crippen molar-refractivity contribution in [3.05, 3.63) is 18.0 Å². The van der Waals surface area contributed by atoms with Gasteiger partial charge < -0.3 is 0 Å². The molecule has 0 unspecified atom stereocenters. The lowest BCUT2D eigenvalue weighted by molar-refractivity contribution is 0.354. The van der Waals surface area contributed by atoms with Gasteiger partial charge in [0.05, 0.1) is 11.2 Å². The van der Waals surface area contributed by atoms with Crippen LogP contribution in [0.5, 0.6) is 0 Å². The summed E-state index contributed by atoms with van der Waals surface area (Å²) in [6.07, 6.45) is 2.01. The molecule has 0 radical (unpaired) electrons. The summed E-state index contributed by atoms with van der Waals surface area (Å²) >= 11 is 0. The van der Waals surface area contributed by atoms with Gasteiger partial charge in [-0.1, -0.05) is 0 Å². The lowest BCUT2D eigenvalue weighted by atomic mass is 10.1. The second-order valence-electron chi connectivity index (χ2n) is 3.57. The summed E-state index contributed by atoms with van der Waals surface area (Å²) < 4.78 is 1.97. The highest BCUT2D eigenvalue weighted by molar-refractivity contribution is 4.96. The SMILES string of the molecule is Cc1ccn(C(C)(C)C)n1.[2HH]. The van der Waals surface area contributed by atoms with E-state index in [0.29, 0.717) is 0 Å². The zero-order chi connectivity index (χ0) is 7.78. The second-order valence-corrected chi connectivity index (χ2v) is 3.57. The Labute approximate surface area is 63.3 Å². The Morgan fingerprint density at radius 1 is 1.50 bits per heavy atom. The number of nitrogens with zero attached hydrogens (tertiary/aromatic N) is 2. The van der Waals surface area contributed by atoms with Crippen LogP contribution in [0.4, 0.5) is 0 Å². The normalized spacial score (nSPS) is 12.0. The highest BCUT2D eigenvalue weighted by atomic mass is 15.3. The molecule has 58 valence electrons. The zero-order valence-electron chi connectivity index (χ0n) is 7.05. The predicted octanol–water partition coefficient (Wildman–Crippen LogP) is 2.19. The molecule has 1 aromatic rings. The molecule has 0 aliphatic heterocycles. The van der Waals surface area contributed by atoms with Crippen molar-refractivity contribution in [2.75, 3.05) is 0 Å². The predicted molar refractivity (Wildman–Crippen MR) is 44.1 cm³/mol. The molecule has 0 bridgehead atoms. The summed E-state index contributed by atoms with van der Waals surface area (Å²) in [6.45, 7) is 8.42. The van der Waals surface area contributed by atoms with Crippen LogP contribution in [0.3, 0.4) is 0 Å². The molecule has 0 aliphatic carbocycles. The van der Waals surface area contributed by atoms with Crippen LogP contribution in [0.2, 0.25) is 0 Å². The van der Waals surface area contributed by atoms with Crippen molar-refractivity contribution in [3.8, 4) is 0 Å². The third kappa shape index (κ3) is 1.38. The highest BCUT2D eigenvalue weighted by Crippen LogP contribution is 2.11. The van der Waals surface area contributed by atoms with Crippen LogP contribution in [0.15, 0.2) is 12.3 Å². The van der Waals surface area contributed by atoms with E-state index in [0.717, 1.165) is 5.69 Å². The molecule has 2 heteroatoms. The van der Waals surface area contributed by atoms with Gasteiger partial charge in [-0.15, -0.1) is 0 Å². The van der Waals surface area contributed by atoms with E-state index in [-0.39, 0.29) is 6.97 Å². The van der Waals surface area contributed by atoms with E-state index in [2.05, 4.69) is 25.9 Å². The van der Waals surface area contributed by atoms with E-state index in [1.54, 1.807) is 0 Å². The van der Waals surface area contributed by atoms with Crippen LogP contribution < -0.4 is 0 Å². The number of aromatic nitrogens is 2. The standard InChI is InChI=1S/C8H14N2.H2/c1-7-5-6-10(9-7)8(2,3)4;/h5-6H,1-4H3;1H/i;1+1. The Kier molecular flexibility index (Phi) is 1.55. The molecule has 0 saturated carbocycles. The van der Waals surface area contributed by atoms with Gasteiger partial charge in [-0.05, 0) is 33.8 Å². The summed E-state index contributed by atoms with van der Waals surface area (Å²) in [4.78, 5) is 0. The first kappa shape index (κ1) is 7.32. The molecule has 0 amide bonds. The maximum atomic E-state index is 4.30. The van der Waals surface area contributed by atoms with Gasteiger partial charge in [-0.25, -0.2) is 0 Å². The van der Waals surface area contributed by atoms with Gasteiger partial charge in [0.1, 0.15) is 0 Å². The van der Waals surface area contributed by atoms with Gasteiger partial charge in [-0.2, -0.15) is 5.10 Å². The Morgan fingerprint density at radius 3 is 2.30 bits per heavy atom. The van der Waals surface area contributed by atoms with Crippen molar-refractivity contribution in [1.29, 1.82) is 0 Å². The lowest BCUT2D eigenvalue weighted by Gasteiger charge is -2.18. The first-order valence-corrected chi connectivity index (χ1v) is 3.53. The molecular weight excluding hydrogens is 124 g/mol. The van der Waals surface area contributed by atoms with Crippen LogP contribution in [0, 0.1) is 6.92 Å². The molecule has 0 N–H and O–H groups in total. The molecule has 0 saturated heterocycles. The Bertz CT molecular complexity index is 222. The lowest BCUT2D eigenvalue weighted by Crippen LogP contribution is -2.22. The third-order valence-electron chi connectivity index (χ3n) is 1.41. The molecule has 10 heavy (non-hydrogen) atoms. The van der Waals surface area contributed by atoms with Crippen LogP contribution in [-0.2, 0) is 5.54 Å². The van der Waals surface area contributed by atoms with E-state index < -0.39 is 0 Å². The molecular formula is C8H16N2. The number of hydrogen-bond acceptors (Lipinski definition) is 1. The van der Waals surface area contributed by atoms with E-state index in [4.69, 9.17) is 0 Å². The van der Waals surface area contributed by atoms with Crippen molar-refractivity contribution in [1.82, 2.24) is 9.78 Å². The van der Waals surface area contributed by atoms with Gasteiger partial charge >= 0.3 is 0 Å². The van der Waals surface area contributed by atoms with Gasteiger partial charge in [-0.3, -0.25) is 4.68 Å². The summed E-state index contributed by atoms with van der Waals surface area (Å²) in [7, 11) is 0. The minimum Gasteiger partial charge on any atom is -0.267 e. The summed E-state index contributed by atoms with van der Waals surface area (Å²) in [5.41, 5.74) is 1.20. The zero-order valence-corrected chi connectivity index (χ0v) is 7.05. The van der Waals surface area contributed by atoms with Gasteiger partial charge in [0.15, 0.2) is 0 Å². The van der Waals surface area contributed by atoms with Crippen LogP contribution >= 0.6 is 0 Å². The minimum absolute atomic E-state index is 0. The van der Waals surface area contributed by atoms with Crippen LogP contribution in [-0.4, -0.2) is 9.78 Å². The average Bonchev–Trinajstić information content (AvgIpc) is 2.11. The Hall–Kier alpha value is -0.790. The van der Waals surface area contributed by atoms with Crippen molar-refractivity contribution in [2.45, 2.75) is 33.2 Å². The highest BCUT2D eigenvalue weighted by Gasteiger charge is 2.12. The maximum Gasteiger partial charge on any atom is 0.0593 e. The summed E-state index contributed by atoms with van der Waals surface area (Å²) in [5.74, 6) is 0. The van der Waals surface area contributed by atoms with Crippen molar-refractivity contribution in [3.63, 3.8) is 0 Å². The number of rotatable bonds is 0. The minimum atomic E-state index is 0. The maximum absolute atomic E-state index is 4.30. The molecule has 0 fully saturated rings. The molecule has 1 aromatic heterocycles. The molecule has 0 aliphatic rings. The van der Waals surface area contributed by atoms with Crippen molar-refractivity contribution >= 4 is 0 Å². The van der Waals surface area contributed by atoms with Crippen LogP contribution in [0.1, 0.15) is 27.9 Å². The van der Waals surface area contributed by atoms with Gasteiger partial charge in [0, 0.05) is 7.62 Å². The Morgan fingerprint density at radius 2 is 2.10 bits per heavy atom. The first-order valence-electron chi connectivity index (χ1n) is 3.53. The Balaban J connectivity index is 0.000001000. The fourth-order valence-electron chi connectivity index (χ4n) is 0.789. The van der Waals surface area contributed by atoms with E-state index in [1.807, 2.05) is 23.9 Å². The quantitative estimate of drug-likeness (QED) is 0.541. The van der Waals surface area contributed by atoms with E-state index >= 15 is 0 Å². The summed E-state index contributed by atoms with van der Waals surface area (Å²) in [6, 6.07) is 2.02. The van der Waals surface area contributed by atoms with E-state index in [9.17, 15) is 0 Å². The molecule has 1 heterocycles. The van der Waals surface area contributed by atoms with Crippen LogP contribution in [0.25, 0.3) is 0 Å². The largest absolute Gasteiger partial charge is 0.267 e. The molecule has 2 nitrogen and oxygen atoms in total. The van der Waals surface area contributed by atoms with Gasteiger partial charge in [0.2, 0.25) is 0 Å². The molecule has 0 atom stereocenters. The second kappa shape index (κ2) is 2.11. The van der Waals surface area contributed by atoms with E-state index in [1.165, 1.54) is 0 Å². The fourth-order valence-corrected chi connectivity index (χ4v) is 0.789. The smallest absolute Gasteiger partial charge is 0.0593 e. The summed E-state index contributed by atoms with van der Waals surface area (Å²) in [5, 5.41) is 4.30. The topological polar surface area (TPSA) is 17.8 Å². The number of hydrogen-bond donors (Lipinski definition) is 0. The molecule has 0 spiro atoms. The number of aryl methyl sites for hydroxylation is 1. The fraction of sp³-hybridized carbons (Fsp3) is 0.625. The molecule has 0 aromatic carbocycles. The molecule has 1 rings (SSSR count). The monoisotopic (exact) mass is 141 g/mol. The third-order valence-corrected chi connectivity index (χ3v) is 1.41. The van der Waals surface area contributed by atoms with Crippen molar-refractivity contribution in [2.24, 2.45) is 0 Å². The first-order chi connectivity index (χ1) is 4.50. The van der Waals surface area contributed by atoms with Crippen molar-refractivity contribution < 1.29 is 1.43 Å².